The molecule has 2 nitrogen and oxygen atoms in total. The lowest BCUT2D eigenvalue weighted by Gasteiger charge is -2.20. The van der Waals surface area contributed by atoms with E-state index >= 15 is 0 Å². The Kier molecular flexibility index (Phi) is 5.35. The number of hydrogen-bond acceptors (Lipinski definition) is 1. The summed E-state index contributed by atoms with van der Waals surface area (Å²) >= 11 is 0. The molecule has 0 atom stereocenters. The molecule has 0 aliphatic heterocycles. The van der Waals surface area contributed by atoms with Gasteiger partial charge in [0.1, 0.15) is 5.82 Å². The van der Waals surface area contributed by atoms with Gasteiger partial charge in [-0.25, -0.2) is 4.98 Å². The summed E-state index contributed by atoms with van der Waals surface area (Å²) in [5, 5.41) is 4.60. The van der Waals surface area contributed by atoms with Crippen molar-refractivity contribution < 1.29 is 6.85 Å². The zero-order valence-corrected chi connectivity index (χ0v) is 25.3. The number of benzene rings is 8. The molecule has 0 fully saturated rings. The fraction of sp³-hybridized carbons (Fsp3) is 0. The van der Waals surface area contributed by atoms with E-state index in [2.05, 4.69) is 109 Å². The lowest BCUT2D eigenvalue weighted by atomic mass is 9.84. The summed E-state index contributed by atoms with van der Waals surface area (Å²) in [4.78, 5) is 4.82. The maximum Gasteiger partial charge on any atom is 0.145 e. The van der Waals surface area contributed by atoms with Crippen LogP contribution in [0.3, 0.4) is 0 Å². The minimum Gasteiger partial charge on any atom is -0.292 e. The first-order chi connectivity index (χ1) is 25.4. The summed E-state index contributed by atoms with van der Waals surface area (Å²) in [6.07, 6.45) is 0. The van der Waals surface area contributed by atoms with E-state index in [1.165, 1.54) is 22.3 Å². The van der Waals surface area contributed by atoms with Gasteiger partial charge in [-0.3, -0.25) is 4.57 Å². The molecule has 220 valence electrons. The van der Waals surface area contributed by atoms with Gasteiger partial charge in [0.25, 0.3) is 0 Å². The van der Waals surface area contributed by atoms with Gasteiger partial charge in [0.2, 0.25) is 0 Å². The number of aromatic nitrogens is 2. The maximum atomic E-state index is 8.72. The molecule has 8 aromatic carbocycles. The zero-order chi connectivity index (χ0) is 35.5. The third-order valence-corrected chi connectivity index (χ3v) is 8.91. The molecule has 0 radical (unpaired) electrons. The number of rotatable bonds is 5. The topological polar surface area (TPSA) is 17.8 Å². The summed E-state index contributed by atoms with van der Waals surface area (Å²) in [5.41, 5.74) is 9.14. The molecule has 2 heteroatoms. The Morgan fingerprint density at radius 3 is 1.66 bits per heavy atom. The molecule has 0 unspecified atom stereocenters. The number of hydrogen-bond donors (Lipinski definition) is 0. The summed E-state index contributed by atoms with van der Waals surface area (Å²) in [6, 6.07) is 50.4. The zero-order valence-electron chi connectivity index (χ0n) is 30.3. The van der Waals surface area contributed by atoms with Crippen LogP contribution < -0.4 is 0 Å². The van der Waals surface area contributed by atoms with Crippen LogP contribution in [0.5, 0.6) is 0 Å². The van der Waals surface area contributed by atoms with Crippen LogP contribution in [-0.2, 0) is 0 Å². The highest BCUT2D eigenvalue weighted by molar-refractivity contribution is 6.22. The molecule has 47 heavy (non-hydrogen) atoms. The van der Waals surface area contributed by atoms with Crippen molar-refractivity contribution in [3.63, 3.8) is 0 Å². The molecule has 0 saturated carbocycles. The van der Waals surface area contributed by atoms with Crippen molar-refractivity contribution in [1.29, 1.82) is 0 Å². The number of fused-ring (bicyclic) bond motifs is 3. The van der Waals surface area contributed by atoms with E-state index in [0.717, 1.165) is 43.9 Å². The number of imidazole rings is 1. The van der Waals surface area contributed by atoms with Crippen LogP contribution in [0.4, 0.5) is 0 Å². The summed E-state index contributed by atoms with van der Waals surface area (Å²) in [7, 11) is 0. The highest BCUT2D eigenvalue weighted by Gasteiger charge is 2.19. The van der Waals surface area contributed by atoms with Gasteiger partial charge >= 0.3 is 0 Å². The quantitative estimate of drug-likeness (QED) is 0.179. The smallest absolute Gasteiger partial charge is 0.145 e. The standard InChI is InChI=1S/C45H30N2/c1-3-15-31(16-4-1)35-19-7-8-20-36(35)44-39-23-11-9-21-37(39)43(38-22-10-12-24-40(38)44)32-27-29-34(30-28-32)47-42-26-14-13-25-41(42)46-45(47)33-17-5-2-6-18-33/h1-30H/i2D,5D,6D,17D,18D. The normalized spacial score (nSPS) is 12.9. The predicted octanol–water partition coefficient (Wildman–Crippen LogP) is 12.0. The molecule has 1 aromatic heterocycles. The molecule has 9 aromatic rings. The Bertz CT molecular complexity index is 2760. The Balaban J connectivity index is 1.26. The Hall–Kier alpha value is -6.25. The van der Waals surface area contributed by atoms with Gasteiger partial charge in [0.15, 0.2) is 0 Å². The summed E-state index contributed by atoms with van der Waals surface area (Å²) in [6.45, 7) is 0. The van der Waals surface area contributed by atoms with E-state index in [4.69, 9.17) is 11.8 Å². The van der Waals surface area contributed by atoms with Crippen LogP contribution in [0.2, 0.25) is 0 Å². The van der Waals surface area contributed by atoms with Crippen LogP contribution >= 0.6 is 0 Å². The lowest BCUT2D eigenvalue weighted by molar-refractivity contribution is 1.10. The molecular formula is C45H30N2. The van der Waals surface area contributed by atoms with E-state index < -0.39 is 18.1 Å². The van der Waals surface area contributed by atoms with Gasteiger partial charge in [-0.05, 0) is 79.2 Å². The fourth-order valence-corrected chi connectivity index (χ4v) is 6.89. The molecule has 0 aliphatic carbocycles. The molecule has 9 rings (SSSR count). The second-order valence-electron chi connectivity index (χ2n) is 11.6. The van der Waals surface area contributed by atoms with E-state index in [9.17, 15) is 0 Å². The molecule has 0 bridgehead atoms. The van der Waals surface area contributed by atoms with Crippen LogP contribution in [0.15, 0.2) is 182 Å². The van der Waals surface area contributed by atoms with Gasteiger partial charge in [-0.2, -0.15) is 0 Å². The highest BCUT2D eigenvalue weighted by Crippen LogP contribution is 2.46. The van der Waals surface area contributed by atoms with Gasteiger partial charge < -0.3 is 0 Å². The molecule has 0 saturated heterocycles. The van der Waals surface area contributed by atoms with Gasteiger partial charge in [-0.15, -0.1) is 0 Å². The lowest BCUT2D eigenvalue weighted by Crippen LogP contribution is -1.98. The monoisotopic (exact) mass is 603 g/mol. The van der Waals surface area contributed by atoms with E-state index in [0.29, 0.717) is 11.3 Å². The van der Waals surface area contributed by atoms with Crippen molar-refractivity contribution in [2.75, 3.05) is 0 Å². The first-order valence-electron chi connectivity index (χ1n) is 18.2. The van der Waals surface area contributed by atoms with E-state index in [1.54, 1.807) is 0 Å². The van der Waals surface area contributed by atoms with Crippen molar-refractivity contribution >= 4 is 32.6 Å². The maximum absolute atomic E-state index is 8.72. The van der Waals surface area contributed by atoms with Gasteiger partial charge in [0.05, 0.1) is 17.9 Å². The van der Waals surface area contributed by atoms with Gasteiger partial charge in [-0.1, -0.05) is 158 Å². The molecule has 0 N–H and O–H groups in total. The Labute approximate surface area is 280 Å². The highest BCUT2D eigenvalue weighted by atomic mass is 15.1. The van der Waals surface area contributed by atoms with Crippen molar-refractivity contribution in [2.45, 2.75) is 0 Å². The average molecular weight is 604 g/mol. The predicted molar refractivity (Wildman–Crippen MR) is 198 cm³/mol. The molecule has 0 amide bonds. The van der Waals surface area contributed by atoms with Crippen molar-refractivity contribution in [2.24, 2.45) is 0 Å². The van der Waals surface area contributed by atoms with Crippen LogP contribution in [0.1, 0.15) is 6.85 Å². The van der Waals surface area contributed by atoms with Crippen LogP contribution in [0, 0.1) is 0 Å². The van der Waals surface area contributed by atoms with Crippen molar-refractivity contribution in [3.05, 3.63) is 182 Å². The van der Waals surface area contributed by atoms with E-state index in [-0.39, 0.29) is 17.6 Å². The van der Waals surface area contributed by atoms with E-state index in [1.807, 2.05) is 47.0 Å². The largest absolute Gasteiger partial charge is 0.292 e. The van der Waals surface area contributed by atoms with Crippen LogP contribution in [-0.4, -0.2) is 9.55 Å². The third kappa shape index (κ3) is 4.54. The van der Waals surface area contributed by atoms with Gasteiger partial charge in [0, 0.05) is 11.3 Å². The molecule has 0 spiro atoms. The van der Waals surface area contributed by atoms with Crippen molar-refractivity contribution in [3.8, 4) is 50.5 Å². The average Bonchev–Trinajstić information content (AvgIpc) is 3.58. The number of nitrogens with zero attached hydrogens (tertiary/aromatic N) is 2. The SMILES string of the molecule is [2H]c1c([2H])c([2H])c(-c2nc3ccccc3n2-c2ccc(-c3c4ccccc4c(-c4ccccc4-c4ccccc4)c4ccccc34)cc2)c([2H])c1[2H]. The first-order valence-corrected chi connectivity index (χ1v) is 15.7. The fourth-order valence-electron chi connectivity index (χ4n) is 6.89. The summed E-state index contributed by atoms with van der Waals surface area (Å²) < 4.78 is 44.1. The minimum absolute atomic E-state index is 0.0645. The minimum atomic E-state index is -0.431. The number of para-hydroxylation sites is 2. The van der Waals surface area contributed by atoms with Crippen molar-refractivity contribution in [1.82, 2.24) is 9.55 Å². The first kappa shape index (κ1) is 22.3. The molecule has 0 aliphatic rings. The Morgan fingerprint density at radius 2 is 0.979 bits per heavy atom. The second-order valence-corrected chi connectivity index (χ2v) is 11.6. The second kappa shape index (κ2) is 11.3. The molecule has 1 heterocycles. The summed E-state index contributed by atoms with van der Waals surface area (Å²) in [5.74, 6) is 0.295. The third-order valence-electron chi connectivity index (χ3n) is 8.91. The Morgan fingerprint density at radius 1 is 0.426 bits per heavy atom. The molecular weight excluding hydrogens is 569 g/mol. The van der Waals surface area contributed by atoms with Crippen LogP contribution in [0.25, 0.3) is 83.0 Å².